The molecule has 1 aromatic carbocycles. The molecule has 0 aliphatic carbocycles. The second kappa shape index (κ2) is 6.87. The van der Waals surface area contributed by atoms with E-state index in [1.807, 2.05) is 0 Å². The van der Waals surface area contributed by atoms with E-state index in [1.54, 1.807) is 11.8 Å². The lowest BCUT2D eigenvalue weighted by Gasteiger charge is -2.33. The van der Waals surface area contributed by atoms with Crippen LogP contribution < -0.4 is 14.9 Å². The molecule has 21 heavy (non-hydrogen) atoms. The summed E-state index contributed by atoms with van der Waals surface area (Å²) in [5.41, 5.74) is 4.81. The van der Waals surface area contributed by atoms with Gasteiger partial charge in [0.05, 0.1) is 0 Å². The number of piperazine rings is 1. The van der Waals surface area contributed by atoms with Crippen molar-refractivity contribution >= 4 is 11.8 Å². The first-order valence-electron chi connectivity index (χ1n) is 7.40. The second-order valence-corrected chi connectivity index (χ2v) is 6.28. The van der Waals surface area contributed by atoms with Crippen molar-refractivity contribution in [2.24, 2.45) is 0 Å². The Morgan fingerprint density at radius 2 is 1.76 bits per heavy atom. The summed E-state index contributed by atoms with van der Waals surface area (Å²) in [7, 11) is 2.17. The minimum atomic E-state index is 0.636. The molecule has 0 aromatic heterocycles. The third-order valence-electron chi connectivity index (χ3n) is 3.94. The maximum atomic E-state index is 5.69. The van der Waals surface area contributed by atoms with Crippen LogP contribution in [0.2, 0.25) is 0 Å². The van der Waals surface area contributed by atoms with Gasteiger partial charge in [0, 0.05) is 37.6 Å². The van der Waals surface area contributed by atoms with E-state index in [1.165, 1.54) is 10.5 Å². The number of rotatable bonds is 4. The molecular formula is C15H23N3O2S. The van der Waals surface area contributed by atoms with E-state index >= 15 is 0 Å². The third kappa shape index (κ3) is 3.63. The molecule has 1 aromatic rings. The van der Waals surface area contributed by atoms with E-state index in [2.05, 4.69) is 40.8 Å². The number of likely N-dealkylation sites (N-methyl/N-ethyl adjacent to an activating group) is 1. The first-order valence-corrected chi connectivity index (χ1v) is 8.62. The minimum absolute atomic E-state index is 0.636. The molecule has 1 saturated heterocycles. The monoisotopic (exact) mass is 309 g/mol. The van der Waals surface area contributed by atoms with Crippen LogP contribution in [0.25, 0.3) is 0 Å². The Labute approximate surface area is 130 Å². The van der Waals surface area contributed by atoms with Gasteiger partial charge in [0.2, 0.25) is 0 Å². The van der Waals surface area contributed by atoms with Crippen LogP contribution in [0, 0.1) is 0 Å². The van der Waals surface area contributed by atoms with Crippen molar-refractivity contribution in [2.45, 2.75) is 11.4 Å². The van der Waals surface area contributed by atoms with Gasteiger partial charge >= 0.3 is 0 Å². The number of nitrogens with one attached hydrogen (secondary N) is 1. The molecule has 2 aliphatic rings. The summed E-state index contributed by atoms with van der Waals surface area (Å²) < 4.78 is 11.3. The lowest BCUT2D eigenvalue weighted by Crippen LogP contribution is -2.50. The van der Waals surface area contributed by atoms with Crippen LogP contribution in [-0.4, -0.2) is 62.6 Å². The highest BCUT2D eigenvalue weighted by molar-refractivity contribution is 7.98. The van der Waals surface area contributed by atoms with Crippen molar-refractivity contribution in [3.05, 3.63) is 17.7 Å². The van der Waals surface area contributed by atoms with Crippen LogP contribution in [0.1, 0.15) is 5.56 Å². The van der Waals surface area contributed by atoms with E-state index in [9.17, 15) is 0 Å². The molecule has 0 bridgehead atoms. The number of fused-ring (bicyclic) bond motifs is 1. The van der Waals surface area contributed by atoms with Crippen LogP contribution in [-0.2, 0) is 6.54 Å². The Bertz CT molecular complexity index is 490. The predicted molar refractivity (Wildman–Crippen MR) is 85.1 cm³/mol. The fourth-order valence-corrected chi connectivity index (χ4v) is 3.22. The Balaban J connectivity index is 1.66. The first kappa shape index (κ1) is 15.0. The number of ether oxygens (including phenoxy) is 2. The summed E-state index contributed by atoms with van der Waals surface area (Å²) in [5, 5.41) is 2.31. The number of benzene rings is 1. The average Bonchev–Trinajstić information content (AvgIpc) is 2.53. The number of hydrogen-bond donors (Lipinski definition) is 1. The molecule has 0 atom stereocenters. The van der Waals surface area contributed by atoms with Crippen molar-refractivity contribution in [1.82, 2.24) is 15.3 Å². The van der Waals surface area contributed by atoms with Gasteiger partial charge in [0.15, 0.2) is 11.5 Å². The highest BCUT2D eigenvalue weighted by Crippen LogP contribution is 2.36. The summed E-state index contributed by atoms with van der Waals surface area (Å²) in [6, 6.07) is 4.21. The molecule has 3 rings (SSSR count). The Morgan fingerprint density at radius 3 is 2.43 bits per heavy atom. The van der Waals surface area contributed by atoms with Gasteiger partial charge < -0.3 is 14.4 Å². The largest absolute Gasteiger partial charge is 0.486 e. The van der Waals surface area contributed by atoms with Crippen molar-refractivity contribution in [2.75, 3.05) is 52.7 Å². The molecule has 116 valence electrons. The normalized spacial score (nSPS) is 19.7. The molecule has 5 nitrogen and oxygen atoms in total. The molecule has 0 radical (unpaired) electrons. The Hall–Kier alpha value is -0.950. The fourth-order valence-electron chi connectivity index (χ4n) is 2.60. The molecule has 2 aliphatic heterocycles. The molecular weight excluding hydrogens is 286 g/mol. The molecule has 2 heterocycles. The van der Waals surface area contributed by atoms with Crippen LogP contribution in [0.15, 0.2) is 17.0 Å². The minimum Gasteiger partial charge on any atom is -0.486 e. The molecule has 1 fully saturated rings. The van der Waals surface area contributed by atoms with Crippen molar-refractivity contribution in [1.29, 1.82) is 0 Å². The molecule has 1 N–H and O–H groups in total. The molecule has 0 unspecified atom stereocenters. The zero-order chi connectivity index (χ0) is 14.7. The summed E-state index contributed by atoms with van der Waals surface area (Å²) >= 11 is 1.75. The first-order chi connectivity index (χ1) is 10.3. The highest BCUT2D eigenvalue weighted by Gasteiger charge is 2.17. The lowest BCUT2D eigenvalue weighted by molar-refractivity contribution is 0.102. The third-order valence-corrected chi connectivity index (χ3v) is 4.76. The van der Waals surface area contributed by atoms with Crippen LogP contribution in [0.4, 0.5) is 0 Å². The van der Waals surface area contributed by atoms with Crippen LogP contribution >= 0.6 is 11.8 Å². The van der Waals surface area contributed by atoms with Gasteiger partial charge in [0.25, 0.3) is 0 Å². The number of nitrogens with zero attached hydrogens (tertiary/aromatic N) is 2. The number of thioether (sulfide) groups is 1. The van der Waals surface area contributed by atoms with Crippen molar-refractivity contribution < 1.29 is 9.47 Å². The zero-order valence-corrected chi connectivity index (χ0v) is 13.5. The van der Waals surface area contributed by atoms with Gasteiger partial charge in [-0.05, 0) is 31.0 Å². The Morgan fingerprint density at radius 1 is 1.10 bits per heavy atom. The summed E-state index contributed by atoms with van der Waals surface area (Å²) in [4.78, 5) is 3.61. The van der Waals surface area contributed by atoms with Gasteiger partial charge in [-0.1, -0.05) is 0 Å². The van der Waals surface area contributed by atoms with E-state index < -0.39 is 0 Å². The second-order valence-electron chi connectivity index (χ2n) is 5.43. The van der Waals surface area contributed by atoms with E-state index in [0.29, 0.717) is 13.2 Å². The van der Waals surface area contributed by atoms with Gasteiger partial charge in [-0.15, -0.1) is 11.8 Å². The lowest BCUT2D eigenvalue weighted by atomic mass is 10.2. The molecule has 0 amide bonds. The van der Waals surface area contributed by atoms with E-state index in [0.717, 1.165) is 44.2 Å². The van der Waals surface area contributed by atoms with Crippen molar-refractivity contribution in [3.8, 4) is 11.5 Å². The fraction of sp³-hybridized carbons (Fsp3) is 0.600. The maximum Gasteiger partial charge on any atom is 0.162 e. The average molecular weight is 309 g/mol. The Kier molecular flexibility index (Phi) is 4.90. The predicted octanol–water partition coefficient (Wildman–Crippen LogP) is 1.43. The smallest absolute Gasteiger partial charge is 0.162 e. The summed E-state index contributed by atoms with van der Waals surface area (Å²) in [6.07, 6.45) is 2.10. The van der Waals surface area contributed by atoms with Gasteiger partial charge in [0.1, 0.15) is 13.2 Å². The van der Waals surface area contributed by atoms with E-state index in [-0.39, 0.29) is 0 Å². The topological polar surface area (TPSA) is 37.0 Å². The van der Waals surface area contributed by atoms with Gasteiger partial charge in [-0.25, -0.2) is 5.01 Å². The van der Waals surface area contributed by atoms with Crippen molar-refractivity contribution in [3.63, 3.8) is 0 Å². The maximum absolute atomic E-state index is 5.69. The SMILES string of the molecule is CSc1cc2c(cc1CNN1CCN(C)CC1)OCCO2. The van der Waals surface area contributed by atoms with Crippen LogP contribution in [0.5, 0.6) is 11.5 Å². The van der Waals surface area contributed by atoms with Gasteiger partial charge in [-0.2, -0.15) is 0 Å². The molecule has 6 heteroatoms. The van der Waals surface area contributed by atoms with Gasteiger partial charge in [-0.3, -0.25) is 5.43 Å². The highest BCUT2D eigenvalue weighted by atomic mass is 32.2. The quantitative estimate of drug-likeness (QED) is 0.848. The summed E-state index contributed by atoms with van der Waals surface area (Å²) in [5.74, 6) is 1.74. The number of hydrazine groups is 1. The van der Waals surface area contributed by atoms with E-state index in [4.69, 9.17) is 9.47 Å². The molecule has 0 spiro atoms. The zero-order valence-electron chi connectivity index (χ0n) is 12.7. The molecule has 0 saturated carbocycles. The number of hydrogen-bond acceptors (Lipinski definition) is 6. The summed E-state index contributed by atoms with van der Waals surface area (Å²) in [6.45, 7) is 6.46. The standard InChI is InChI=1S/C15H23N3O2S/c1-17-3-5-18(6-4-17)16-11-12-9-13-14(10-15(12)21-2)20-8-7-19-13/h9-10,16H,3-8,11H2,1-2H3. The van der Waals surface area contributed by atoms with Crippen LogP contribution in [0.3, 0.4) is 0 Å².